The van der Waals surface area contributed by atoms with Gasteiger partial charge in [-0.15, -0.1) is 12.4 Å². The van der Waals surface area contributed by atoms with Crippen LogP contribution in [0, 0.1) is 0 Å². The summed E-state index contributed by atoms with van der Waals surface area (Å²) in [6, 6.07) is 7.91. The topological polar surface area (TPSA) is 80.5 Å². The van der Waals surface area contributed by atoms with Crippen LogP contribution in [0.1, 0.15) is 44.9 Å². The van der Waals surface area contributed by atoms with Gasteiger partial charge in [-0.2, -0.15) is 4.98 Å². The number of hydrogen-bond acceptors (Lipinski definition) is 6. The van der Waals surface area contributed by atoms with Crippen LogP contribution in [0.2, 0.25) is 0 Å². The molecular formula is C21H31ClN4O3. The van der Waals surface area contributed by atoms with Crippen LogP contribution in [0.3, 0.4) is 0 Å². The van der Waals surface area contributed by atoms with Gasteiger partial charge in [0.25, 0.3) is 0 Å². The molecule has 160 valence electrons. The van der Waals surface area contributed by atoms with E-state index in [2.05, 4.69) is 27.3 Å². The van der Waals surface area contributed by atoms with E-state index < -0.39 is 0 Å². The van der Waals surface area contributed by atoms with Gasteiger partial charge in [0.2, 0.25) is 17.6 Å². The molecule has 1 fully saturated rings. The number of hydrogen-bond donors (Lipinski definition) is 1. The third-order valence-corrected chi connectivity index (χ3v) is 5.13. The van der Waals surface area contributed by atoms with Gasteiger partial charge in [0, 0.05) is 31.0 Å². The third-order valence-electron chi connectivity index (χ3n) is 5.13. The van der Waals surface area contributed by atoms with E-state index in [1.165, 1.54) is 0 Å². The number of methoxy groups -OCH3 is 1. The monoisotopic (exact) mass is 422 g/mol. The number of aryl methyl sites for hydroxylation is 1. The van der Waals surface area contributed by atoms with E-state index in [9.17, 15) is 4.79 Å². The fourth-order valence-corrected chi connectivity index (χ4v) is 3.62. The van der Waals surface area contributed by atoms with Crippen molar-refractivity contribution >= 4 is 18.3 Å². The lowest BCUT2D eigenvalue weighted by Crippen LogP contribution is -2.46. The number of amides is 1. The second-order valence-electron chi connectivity index (χ2n) is 7.16. The molecule has 29 heavy (non-hydrogen) atoms. The Bertz CT molecular complexity index is 745. The molecule has 1 saturated heterocycles. The number of benzene rings is 1. The third kappa shape index (κ3) is 6.44. The largest absolute Gasteiger partial charge is 0.497 e. The summed E-state index contributed by atoms with van der Waals surface area (Å²) >= 11 is 0. The zero-order valence-corrected chi connectivity index (χ0v) is 18.0. The van der Waals surface area contributed by atoms with Crippen molar-refractivity contribution in [1.29, 1.82) is 0 Å². The Morgan fingerprint density at radius 3 is 2.66 bits per heavy atom. The number of rotatable bonds is 9. The number of carbonyl (C=O) groups excluding carboxylic acids is 1. The highest BCUT2D eigenvalue weighted by molar-refractivity contribution is 5.85. The number of nitrogens with one attached hydrogen (secondary N) is 1. The second kappa shape index (κ2) is 11.8. The summed E-state index contributed by atoms with van der Waals surface area (Å²) in [6.45, 7) is 4.95. The Balaban J connectivity index is 0.00000300. The van der Waals surface area contributed by atoms with Crippen molar-refractivity contribution in [2.24, 2.45) is 0 Å². The van der Waals surface area contributed by atoms with E-state index in [1.807, 2.05) is 24.3 Å². The lowest BCUT2D eigenvalue weighted by Gasteiger charge is -2.34. The van der Waals surface area contributed by atoms with Gasteiger partial charge in [-0.05, 0) is 63.0 Å². The number of halogens is 1. The molecule has 0 bridgehead atoms. The SMILES string of the molecule is CCCN(C(=O)CCCc1nc(-c2ccc(OC)cc2)no1)C1CCNCC1.Cl. The minimum absolute atomic E-state index is 0. The molecule has 1 aromatic carbocycles. The highest BCUT2D eigenvalue weighted by atomic mass is 35.5. The normalized spacial score (nSPS) is 14.3. The fraction of sp³-hybridized carbons (Fsp3) is 0.571. The Morgan fingerprint density at radius 2 is 2.00 bits per heavy atom. The molecular weight excluding hydrogens is 392 g/mol. The predicted octanol–water partition coefficient (Wildman–Crippen LogP) is 3.48. The van der Waals surface area contributed by atoms with Gasteiger partial charge >= 0.3 is 0 Å². The molecule has 1 aliphatic heterocycles. The van der Waals surface area contributed by atoms with Crippen molar-refractivity contribution in [3.8, 4) is 17.1 Å². The zero-order valence-electron chi connectivity index (χ0n) is 17.2. The van der Waals surface area contributed by atoms with E-state index >= 15 is 0 Å². The fourth-order valence-electron chi connectivity index (χ4n) is 3.62. The van der Waals surface area contributed by atoms with Crippen molar-refractivity contribution < 1.29 is 14.1 Å². The molecule has 7 nitrogen and oxygen atoms in total. The summed E-state index contributed by atoms with van der Waals surface area (Å²) in [5.74, 6) is 2.16. The molecule has 0 aliphatic carbocycles. The minimum atomic E-state index is 0. The number of nitrogens with zero attached hydrogens (tertiary/aromatic N) is 3. The number of piperidine rings is 1. The first-order valence-electron chi connectivity index (χ1n) is 10.2. The molecule has 2 aromatic rings. The average molecular weight is 423 g/mol. The quantitative estimate of drug-likeness (QED) is 0.666. The van der Waals surface area contributed by atoms with Crippen molar-refractivity contribution in [3.05, 3.63) is 30.2 Å². The van der Waals surface area contributed by atoms with Crippen LogP contribution in [-0.4, -0.2) is 53.7 Å². The van der Waals surface area contributed by atoms with Gasteiger partial charge in [-0.25, -0.2) is 0 Å². The zero-order chi connectivity index (χ0) is 19.8. The van der Waals surface area contributed by atoms with Gasteiger partial charge in [-0.1, -0.05) is 12.1 Å². The van der Waals surface area contributed by atoms with Crippen molar-refractivity contribution in [3.63, 3.8) is 0 Å². The smallest absolute Gasteiger partial charge is 0.226 e. The molecule has 0 saturated carbocycles. The van der Waals surface area contributed by atoms with Gasteiger partial charge in [-0.3, -0.25) is 4.79 Å². The molecule has 0 atom stereocenters. The lowest BCUT2D eigenvalue weighted by atomic mass is 10.0. The van der Waals surface area contributed by atoms with Crippen LogP contribution < -0.4 is 10.1 Å². The summed E-state index contributed by atoms with van der Waals surface area (Å²) in [5, 5.41) is 7.41. The van der Waals surface area contributed by atoms with E-state index in [1.54, 1.807) is 7.11 Å². The van der Waals surface area contributed by atoms with Crippen LogP contribution in [0.15, 0.2) is 28.8 Å². The molecule has 1 amide bonds. The molecule has 2 heterocycles. The Hall–Kier alpha value is -2.12. The number of ether oxygens (including phenoxy) is 1. The Labute approximate surface area is 178 Å². The maximum atomic E-state index is 12.7. The Kier molecular flexibility index (Phi) is 9.41. The predicted molar refractivity (Wildman–Crippen MR) is 114 cm³/mol. The first-order valence-corrected chi connectivity index (χ1v) is 10.2. The lowest BCUT2D eigenvalue weighted by molar-refractivity contribution is -0.134. The van der Waals surface area contributed by atoms with E-state index in [0.29, 0.717) is 37.0 Å². The van der Waals surface area contributed by atoms with Gasteiger partial charge in [0.15, 0.2) is 0 Å². The van der Waals surface area contributed by atoms with Crippen molar-refractivity contribution in [2.75, 3.05) is 26.7 Å². The summed E-state index contributed by atoms with van der Waals surface area (Å²) in [5.41, 5.74) is 0.881. The molecule has 1 aliphatic rings. The molecule has 0 unspecified atom stereocenters. The first kappa shape index (κ1) is 23.2. The van der Waals surface area contributed by atoms with Gasteiger partial charge < -0.3 is 19.5 Å². The van der Waals surface area contributed by atoms with Crippen LogP contribution in [0.25, 0.3) is 11.4 Å². The standard InChI is InChI=1S/C21H30N4O3.ClH/c1-3-15-25(17-11-13-22-14-12-17)20(26)6-4-5-19-23-21(24-28-19)16-7-9-18(27-2)10-8-16;/h7-10,17,22H,3-6,11-15H2,1-2H3;1H. The second-order valence-corrected chi connectivity index (χ2v) is 7.16. The molecule has 1 N–H and O–H groups in total. The van der Waals surface area contributed by atoms with E-state index in [4.69, 9.17) is 9.26 Å². The van der Waals surface area contributed by atoms with Crippen LogP contribution in [0.4, 0.5) is 0 Å². The van der Waals surface area contributed by atoms with Crippen LogP contribution >= 0.6 is 12.4 Å². The molecule has 8 heteroatoms. The van der Waals surface area contributed by atoms with Gasteiger partial charge in [0.05, 0.1) is 7.11 Å². The Morgan fingerprint density at radius 1 is 1.28 bits per heavy atom. The number of carbonyl (C=O) groups is 1. The molecule has 0 radical (unpaired) electrons. The first-order chi connectivity index (χ1) is 13.7. The summed E-state index contributed by atoms with van der Waals surface area (Å²) in [7, 11) is 1.63. The molecule has 1 aromatic heterocycles. The van der Waals surface area contributed by atoms with E-state index in [0.717, 1.165) is 50.2 Å². The van der Waals surface area contributed by atoms with Crippen molar-refractivity contribution in [1.82, 2.24) is 20.4 Å². The maximum absolute atomic E-state index is 12.7. The van der Waals surface area contributed by atoms with Crippen LogP contribution in [0.5, 0.6) is 5.75 Å². The minimum Gasteiger partial charge on any atom is -0.497 e. The summed E-state index contributed by atoms with van der Waals surface area (Å²) in [6.07, 6.45) is 4.92. The van der Waals surface area contributed by atoms with E-state index in [-0.39, 0.29) is 18.3 Å². The van der Waals surface area contributed by atoms with Crippen LogP contribution in [-0.2, 0) is 11.2 Å². The summed E-state index contributed by atoms with van der Waals surface area (Å²) < 4.78 is 10.5. The molecule has 0 spiro atoms. The highest BCUT2D eigenvalue weighted by Crippen LogP contribution is 2.20. The average Bonchev–Trinajstić information content (AvgIpc) is 3.21. The molecule has 3 rings (SSSR count). The van der Waals surface area contributed by atoms with Gasteiger partial charge in [0.1, 0.15) is 5.75 Å². The van der Waals surface area contributed by atoms with Crippen molar-refractivity contribution in [2.45, 2.75) is 51.5 Å². The highest BCUT2D eigenvalue weighted by Gasteiger charge is 2.24. The number of aromatic nitrogens is 2. The summed E-state index contributed by atoms with van der Waals surface area (Å²) in [4.78, 5) is 19.3. The maximum Gasteiger partial charge on any atom is 0.226 e.